The Morgan fingerprint density at radius 1 is 1.24 bits per heavy atom. The van der Waals surface area contributed by atoms with E-state index in [-0.39, 0.29) is 6.04 Å². The average Bonchev–Trinajstić information content (AvgIpc) is 2.44. The van der Waals surface area contributed by atoms with E-state index in [4.69, 9.17) is 5.73 Å². The van der Waals surface area contributed by atoms with Crippen molar-refractivity contribution in [2.75, 3.05) is 10.6 Å². The molecular formula is C17H18BrN3. The molecule has 2 aromatic carbocycles. The van der Waals surface area contributed by atoms with Gasteiger partial charge in [0.05, 0.1) is 11.3 Å². The van der Waals surface area contributed by atoms with Crippen LogP contribution in [0.15, 0.2) is 46.9 Å². The highest BCUT2D eigenvalue weighted by atomic mass is 79.9. The fourth-order valence-corrected chi connectivity index (χ4v) is 2.62. The summed E-state index contributed by atoms with van der Waals surface area (Å²) >= 11 is 3.48. The summed E-state index contributed by atoms with van der Waals surface area (Å²) in [6.07, 6.45) is 0. The Balaban J connectivity index is 2.40. The van der Waals surface area contributed by atoms with Crippen LogP contribution in [0.1, 0.15) is 25.0 Å². The van der Waals surface area contributed by atoms with Crippen molar-refractivity contribution in [3.05, 3.63) is 58.1 Å². The SMILES string of the molecule is CC(C)N(Cc1cccc(N)c1)c1cc(Br)ccc1C#N. The molecule has 0 amide bonds. The van der Waals surface area contributed by atoms with Crippen LogP contribution in [0, 0.1) is 11.3 Å². The van der Waals surface area contributed by atoms with Crippen LogP contribution < -0.4 is 10.6 Å². The Morgan fingerprint density at radius 2 is 2.00 bits per heavy atom. The van der Waals surface area contributed by atoms with Crippen LogP contribution in [0.5, 0.6) is 0 Å². The number of hydrogen-bond donors (Lipinski definition) is 1. The Kier molecular flexibility index (Phi) is 4.87. The Morgan fingerprint density at radius 3 is 2.62 bits per heavy atom. The van der Waals surface area contributed by atoms with E-state index in [1.807, 2.05) is 36.4 Å². The zero-order chi connectivity index (χ0) is 15.4. The van der Waals surface area contributed by atoms with E-state index < -0.39 is 0 Å². The maximum atomic E-state index is 9.34. The molecule has 0 aliphatic rings. The van der Waals surface area contributed by atoms with Crippen molar-refractivity contribution in [3.63, 3.8) is 0 Å². The van der Waals surface area contributed by atoms with Gasteiger partial charge in [-0.15, -0.1) is 0 Å². The number of halogens is 1. The fourth-order valence-electron chi connectivity index (χ4n) is 2.27. The number of nitriles is 1. The first-order valence-corrected chi connectivity index (χ1v) is 7.61. The first-order chi connectivity index (χ1) is 10.0. The summed E-state index contributed by atoms with van der Waals surface area (Å²) in [5.41, 5.74) is 9.35. The number of nitrogens with zero attached hydrogens (tertiary/aromatic N) is 2. The second-order valence-corrected chi connectivity index (χ2v) is 6.16. The van der Waals surface area contributed by atoms with Crippen LogP contribution in [0.3, 0.4) is 0 Å². The summed E-state index contributed by atoms with van der Waals surface area (Å²) in [5.74, 6) is 0. The van der Waals surface area contributed by atoms with Gasteiger partial charge in [0.15, 0.2) is 0 Å². The van der Waals surface area contributed by atoms with Crippen molar-refractivity contribution in [2.45, 2.75) is 26.4 Å². The summed E-state index contributed by atoms with van der Waals surface area (Å²) < 4.78 is 0.967. The Hall–Kier alpha value is -1.99. The number of rotatable bonds is 4. The van der Waals surface area contributed by atoms with Gasteiger partial charge in [0.25, 0.3) is 0 Å². The molecule has 0 aliphatic heterocycles. The molecule has 0 spiro atoms. The molecule has 2 N–H and O–H groups in total. The summed E-state index contributed by atoms with van der Waals surface area (Å²) in [6, 6.07) is 16.1. The van der Waals surface area contributed by atoms with Crippen LogP contribution in [0.25, 0.3) is 0 Å². The van der Waals surface area contributed by atoms with Gasteiger partial charge in [-0.3, -0.25) is 0 Å². The zero-order valence-corrected chi connectivity index (χ0v) is 13.8. The first-order valence-electron chi connectivity index (χ1n) is 6.82. The van der Waals surface area contributed by atoms with Crippen LogP contribution in [-0.2, 0) is 6.54 Å². The summed E-state index contributed by atoms with van der Waals surface area (Å²) in [5, 5.41) is 9.34. The highest BCUT2D eigenvalue weighted by Crippen LogP contribution is 2.28. The molecule has 2 aromatic rings. The molecular weight excluding hydrogens is 326 g/mol. The predicted octanol–water partition coefficient (Wildman–Crippen LogP) is 4.32. The smallest absolute Gasteiger partial charge is 0.101 e. The lowest BCUT2D eigenvalue weighted by Crippen LogP contribution is -2.30. The quantitative estimate of drug-likeness (QED) is 0.841. The molecule has 0 radical (unpaired) electrons. The fraction of sp³-hybridized carbons (Fsp3) is 0.235. The number of benzene rings is 2. The molecule has 0 bridgehead atoms. The van der Waals surface area contributed by atoms with Gasteiger partial charge in [-0.1, -0.05) is 28.1 Å². The molecule has 0 saturated carbocycles. The van der Waals surface area contributed by atoms with E-state index in [1.165, 1.54) is 0 Å². The maximum Gasteiger partial charge on any atom is 0.101 e. The lowest BCUT2D eigenvalue weighted by Gasteiger charge is -2.30. The number of hydrogen-bond acceptors (Lipinski definition) is 3. The van der Waals surface area contributed by atoms with Crippen molar-refractivity contribution < 1.29 is 0 Å². The van der Waals surface area contributed by atoms with Crippen molar-refractivity contribution in [3.8, 4) is 6.07 Å². The molecule has 2 rings (SSSR count). The monoisotopic (exact) mass is 343 g/mol. The topological polar surface area (TPSA) is 53.0 Å². The normalized spacial score (nSPS) is 10.4. The molecule has 3 nitrogen and oxygen atoms in total. The molecule has 0 unspecified atom stereocenters. The molecule has 0 aliphatic carbocycles. The van der Waals surface area contributed by atoms with Gasteiger partial charge in [-0.2, -0.15) is 5.26 Å². The number of nitrogens with two attached hydrogens (primary N) is 1. The highest BCUT2D eigenvalue weighted by molar-refractivity contribution is 9.10. The Labute approximate surface area is 134 Å². The number of nitrogen functional groups attached to an aromatic ring is 1. The van der Waals surface area contributed by atoms with E-state index in [9.17, 15) is 5.26 Å². The minimum atomic E-state index is 0.271. The van der Waals surface area contributed by atoms with Gasteiger partial charge in [-0.25, -0.2) is 0 Å². The third-order valence-corrected chi connectivity index (χ3v) is 3.81. The van der Waals surface area contributed by atoms with E-state index >= 15 is 0 Å². The van der Waals surface area contributed by atoms with Gasteiger partial charge in [0.2, 0.25) is 0 Å². The highest BCUT2D eigenvalue weighted by Gasteiger charge is 2.15. The van der Waals surface area contributed by atoms with Crippen molar-refractivity contribution in [2.24, 2.45) is 0 Å². The minimum Gasteiger partial charge on any atom is -0.399 e. The number of anilines is 2. The maximum absolute atomic E-state index is 9.34. The summed E-state index contributed by atoms with van der Waals surface area (Å²) in [6.45, 7) is 4.95. The average molecular weight is 344 g/mol. The molecule has 108 valence electrons. The first kappa shape index (κ1) is 15.4. The summed E-state index contributed by atoms with van der Waals surface area (Å²) in [7, 11) is 0. The third-order valence-electron chi connectivity index (χ3n) is 3.32. The molecule has 0 fully saturated rings. The lowest BCUT2D eigenvalue weighted by molar-refractivity contribution is 0.681. The van der Waals surface area contributed by atoms with Crippen LogP contribution in [0.4, 0.5) is 11.4 Å². The van der Waals surface area contributed by atoms with E-state index in [1.54, 1.807) is 0 Å². The van der Waals surface area contributed by atoms with Crippen LogP contribution >= 0.6 is 15.9 Å². The molecule has 0 saturated heterocycles. The molecule has 21 heavy (non-hydrogen) atoms. The van der Waals surface area contributed by atoms with Crippen molar-refractivity contribution in [1.29, 1.82) is 5.26 Å². The van der Waals surface area contributed by atoms with Crippen LogP contribution in [0.2, 0.25) is 0 Å². The molecule has 0 atom stereocenters. The Bertz CT molecular complexity index is 674. The van der Waals surface area contributed by atoms with E-state index in [0.29, 0.717) is 12.1 Å². The van der Waals surface area contributed by atoms with E-state index in [0.717, 1.165) is 21.4 Å². The van der Waals surface area contributed by atoms with Crippen molar-refractivity contribution >= 4 is 27.3 Å². The molecule has 4 heteroatoms. The van der Waals surface area contributed by atoms with Gasteiger partial charge in [0, 0.05) is 22.7 Å². The molecule has 0 aromatic heterocycles. The van der Waals surface area contributed by atoms with Gasteiger partial charge >= 0.3 is 0 Å². The molecule has 0 heterocycles. The minimum absolute atomic E-state index is 0.271. The van der Waals surface area contributed by atoms with Gasteiger partial charge in [0.1, 0.15) is 6.07 Å². The van der Waals surface area contributed by atoms with Gasteiger partial charge in [-0.05, 0) is 49.7 Å². The third kappa shape index (κ3) is 3.77. The lowest BCUT2D eigenvalue weighted by atomic mass is 10.1. The standard InChI is InChI=1S/C17H18BrN3/c1-12(2)21(11-13-4-3-5-16(20)8-13)17-9-15(18)7-6-14(17)10-19/h3-9,12H,11,20H2,1-2H3. The van der Waals surface area contributed by atoms with E-state index in [2.05, 4.69) is 46.8 Å². The van der Waals surface area contributed by atoms with Crippen LogP contribution in [-0.4, -0.2) is 6.04 Å². The van der Waals surface area contributed by atoms with Crippen molar-refractivity contribution in [1.82, 2.24) is 0 Å². The second kappa shape index (κ2) is 6.64. The predicted molar refractivity (Wildman–Crippen MR) is 91.0 cm³/mol. The van der Waals surface area contributed by atoms with Gasteiger partial charge < -0.3 is 10.6 Å². The largest absolute Gasteiger partial charge is 0.399 e. The second-order valence-electron chi connectivity index (χ2n) is 5.24. The summed E-state index contributed by atoms with van der Waals surface area (Å²) in [4.78, 5) is 2.21. The zero-order valence-electron chi connectivity index (χ0n) is 12.2.